The summed E-state index contributed by atoms with van der Waals surface area (Å²) in [5, 5.41) is 2.84. The fourth-order valence-electron chi connectivity index (χ4n) is 1.74. The molecule has 0 saturated heterocycles. The Kier molecular flexibility index (Phi) is 6.44. The fraction of sp³-hybridized carbons (Fsp3) is 0.583. The van der Waals surface area contributed by atoms with E-state index in [0.717, 1.165) is 32.1 Å². The molecule has 0 fully saturated rings. The van der Waals surface area contributed by atoms with Gasteiger partial charge in [0.15, 0.2) is 23.3 Å². The van der Waals surface area contributed by atoms with Crippen molar-refractivity contribution in [3.05, 3.63) is 17.7 Å². The molecule has 0 aliphatic carbocycles. The van der Waals surface area contributed by atoms with Crippen LogP contribution in [0.5, 0.6) is 0 Å². The first kappa shape index (κ1) is 15.6. The maximum Gasteiger partial charge on any atom is 0.178 e. The van der Waals surface area contributed by atoms with E-state index in [9.17, 15) is 8.78 Å². The maximum absolute atomic E-state index is 13.4. The molecular formula is C12H21F2N5. The van der Waals surface area contributed by atoms with Crippen molar-refractivity contribution in [2.24, 2.45) is 5.84 Å². The Labute approximate surface area is 112 Å². The predicted molar refractivity (Wildman–Crippen MR) is 72.9 cm³/mol. The number of halogens is 2. The van der Waals surface area contributed by atoms with Crippen LogP contribution in [0.3, 0.4) is 0 Å². The Morgan fingerprint density at radius 1 is 1.21 bits per heavy atom. The number of anilines is 2. The zero-order valence-electron chi connectivity index (χ0n) is 11.3. The maximum atomic E-state index is 13.4. The minimum Gasteiger partial charge on any atom is -0.368 e. The molecule has 0 bridgehead atoms. The van der Waals surface area contributed by atoms with E-state index in [4.69, 9.17) is 5.84 Å². The molecule has 0 aromatic carbocycles. The fourth-order valence-corrected chi connectivity index (χ4v) is 1.74. The molecule has 1 aromatic rings. The Morgan fingerprint density at radius 2 is 1.84 bits per heavy atom. The Hall–Kier alpha value is -1.47. The van der Waals surface area contributed by atoms with Gasteiger partial charge in [-0.25, -0.2) is 19.6 Å². The molecule has 0 aliphatic heterocycles. The third-order valence-corrected chi connectivity index (χ3v) is 2.90. The highest BCUT2D eigenvalue weighted by Crippen LogP contribution is 2.17. The van der Waals surface area contributed by atoms with E-state index in [1.54, 1.807) is 0 Å². The van der Waals surface area contributed by atoms with Crippen molar-refractivity contribution in [3.8, 4) is 0 Å². The third kappa shape index (κ3) is 4.60. The number of hydrazine groups is 1. The first-order valence-corrected chi connectivity index (χ1v) is 6.41. The lowest BCUT2D eigenvalue weighted by atomic mass is 10.3. The van der Waals surface area contributed by atoms with Crippen LogP contribution in [0.25, 0.3) is 0 Å². The summed E-state index contributed by atoms with van der Waals surface area (Å²) in [4.78, 5) is 6.00. The van der Waals surface area contributed by atoms with Gasteiger partial charge in [0.2, 0.25) is 0 Å². The van der Waals surface area contributed by atoms with E-state index in [1.807, 2.05) is 0 Å². The van der Waals surface area contributed by atoms with Crippen LogP contribution in [-0.4, -0.2) is 36.1 Å². The van der Waals surface area contributed by atoms with E-state index < -0.39 is 11.6 Å². The number of hydrogen-bond acceptors (Lipinski definition) is 5. The van der Waals surface area contributed by atoms with Crippen molar-refractivity contribution in [1.82, 2.24) is 9.88 Å². The summed E-state index contributed by atoms with van der Waals surface area (Å²) in [5.41, 5.74) is 2.09. The molecule has 19 heavy (non-hydrogen) atoms. The minimum atomic E-state index is -0.811. The zero-order valence-corrected chi connectivity index (χ0v) is 11.3. The van der Waals surface area contributed by atoms with Crippen LogP contribution in [0.4, 0.5) is 20.4 Å². The van der Waals surface area contributed by atoms with Gasteiger partial charge in [-0.3, -0.25) is 0 Å². The summed E-state index contributed by atoms with van der Waals surface area (Å²) in [5.74, 6) is 3.39. The van der Waals surface area contributed by atoms with Gasteiger partial charge in [0, 0.05) is 12.6 Å². The number of nitrogens with two attached hydrogens (primary N) is 1. The minimum absolute atomic E-state index is 0.00824. The number of nitrogens with one attached hydrogen (secondary N) is 2. The van der Waals surface area contributed by atoms with Crippen LogP contribution in [0.15, 0.2) is 6.07 Å². The van der Waals surface area contributed by atoms with Crippen molar-refractivity contribution < 1.29 is 8.78 Å². The quantitative estimate of drug-likeness (QED) is 0.383. The standard InChI is InChI=1S/C12H21F2N5/c1-3-19(4-2)7-5-6-16-11-9(13)8-10(14)12(17-11)18-15/h8H,3-7,15H2,1-2H3,(H2,16,17,18). The first-order valence-electron chi connectivity index (χ1n) is 6.41. The Morgan fingerprint density at radius 3 is 2.42 bits per heavy atom. The number of rotatable bonds is 8. The summed E-state index contributed by atoms with van der Waals surface area (Å²) < 4.78 is 26.6. The molecule has 0 atom stereocenters. The average Bonchev–Trinajstić information content (AvgIpc) is 2.41. The monoisotopic (exact) mass is 273 g/mol. The van der Waals surface area contributed by atoms with Gasteiger partial charge in [0.1, 0.15) is 0 Å². The second kappa shape index (κ2) is 7.85. The van der Waals surface area contributed by atoms with Crippen molar-refractivity contribution in [1.29, 1.82) is 0 Å². The Balaban J connectivity index is 2.49. The molecule has 4 N–H and O–H groups in total. The molecule has 1 heterocycles. The van der Waals surface area contributed by atoms with Crippen LogP contribution in [0.1, 0.15) is 20.3 Å². The van der Waals surface area contributed by atoms with Gasteiger partial charge >= 0.3 is 0 Å². The molecule has 1 rings (SSSR count). The topological polar surface area (TPSA) is 66.2 Å². The van der Waals surface area contributed by atoms with Crippen molar-refractivity contribution in [2.75, 3.05) is 36.9 Å². The van der Waals surface area contributed by atoms with Crippen LogP contribution in [-0.2, 0) is 0 Å². The molecule has 7 heteroatoms. The van der Waals surface area contributed by atoms with Crippen molar-refractivity contribution in [3.63, 3.8) is 0 Å². The van der Waals surface area contributed by atoms with Crippen molar-refractivity contribution in [2.45, 2.75) is 20.3 Å². The lowest BCUT2D eigenvalue weighted by molar-refractivity contribution is 0.303. The molecule has 0 radical (unpaired) electrons. The number of nitrogen functional groups attached to an aromatic ring is 1. The van der Waals surface area contributed by atoms with Gasteiger partial charge in [-0.1, -0.05) is 13.8 Å². The second-order valence-electron chi connectivity index (χ2n) is 4.10. The number of nitrogens with zero attached hydrogens (tertiary/aromatic N) is 2. The highest BCUT2D eigenvalue weighted by atomic mass is 19.1. The largest absolute Gasteiger partial charge is 0.368 e. The van der Waals surface area contributed by atoms with E-state index in [-0.39, 0.29) is 11.6 Å². The van der Waals surface area contributed by atoms with E-state index >= 15 is 0 Å². The summed E-state index contributed by atoms with van der Waals surface area (Å²) >= 11 is 0. The van der Waals surface area contributed by atoms with Gasteiger partial charge in [0.05, 0.1) is 0 Å². The SMILES string of the molecule is CCN(CC)CCCNc1nc(NN)c(F)cc1F. The summed E-state index contributed by atoms with van der Waals surface area (Å²) in [6.07, 6.45) is 0.853. The molecule has 0 unspecified atom stereocenters. The van der Waals surface area contributed by atoms with Crippen LogP contribution in [0, 0.1) is 11.6 Å². The number of hydrogen-bond donors (Lipinski definition) is 3. The van der Waals surface area contributed by atoms with Crippen LogP contribution >= 0.6 is 0 Å². The molecule has 0 spiro atoms. The van der Waals surface area contributed by atoms with Gasteiger partial charge < -0.3 is 15.6 Å². The lowest BCUT2D eigenvalue weighted by Crippen LogP contribution is -2.25. The Bertz CT molecular complexity index is 396. The highest BCUT2D eigenvalue weighted by Gasteiger charge is 2.10. The molecule has 5 nitrogen and oxygen atoms in total. The molecular weight excluding hydrogens is 252 g/mol. The average molecular weight is 273 g/mol. The number of pyridine rings is 1. The smallest absolute Gasteiger partial charge is 0.178 e. The van der Waals surface area contributed by atoms with Gasteiger partial charge in [-0.05, 0) is 26.1 Å². The third-order valence-electron chi connectivity index (χ3n) is 2.90. The normalized spacial score (nSPS) is 10.8. The van der Waals surface area contributed by atoms with E-state index in [0.29, 0.717) is 6.54 Å². The van der Waals surface area contributed by atoms with Crippen LogP contribution < -0.4 is 16.6 Å². The van der Waals surface area contributed by atoms with Gasteiger partial charge in [-0.15, -0.1) is 0 Å². The summed E-state index contributed by atoms with van der Waals surface area (Å²) in [6.45, 7) is 7.65. The molecule has 1 aromatic heterocycles. The van der Waals surface area contributed by atoms with Gasteiger partial charge in [-0.2, -0.15) is 0 Å². The van der Waals surface area contributed by atoms with Crippen molar-refractivity contribution >= 4 is 11.6 Å². The molecule has 108 valence electrons. The summed E-state index contributed by atoms with van der Waals surface area (Å²) in [6, 6.07) is 0.759. The second-order valence-corrected chi connectivity index (χ2v) is 4.10. The summed E-state index contributed by atoms with van der Waals surface area (Å²) in [7, 11) is 0. The molecule has 0 saturated carbocycles. The lowest BCUT2D eigenvalue weighted by Gasteiger charge is -2.18. The predicted octanol–water partition coefficient (Wildman–Crippen LogP) is 1.79. The number of aromatic nitrogens is 1. The van der Waals surface area contributed by atoms with Crippen LogP contribution in [0.2, 0.25) is 0 Å². The molecule has 0 amide bonds. The highest BCUT2D eigenvalue weighted by molar-refractivity contribution is 5.46. The van der Waals surface area contributed by atoms with E-state index in [1.165, 1.54) is 0 Å². The zero-order chi connectivity index (χ0) is 14.3. The van der Waals surface area contributed by atoms with E-state index in [2.05, 4.69) is 34.5 Å². The van der Waals surface area contributed by atoms with Gasteiger partial charge in [0.25, 0.3) is 0 Å². The molecule has 0 aliphatic rings. The first-order chi connectivity index (χ1) is 9.12.